The molecule has 2 aromatic rings. The molecule has 2 aromatic carbocycles. The van der Waals surface area contributed by atoms with Gasteiger partial charge in [-0.3, -0.25) is 4.79 Å². The lowest BCUT2D eigenvalue weighted by Gasteiger charge is -2.19. The predicted octanol–water partition coefficient (Wildman–Crippen LogP) is 9.06. The Morgan fingerprint density at radius 1 is 0.878 bits per heavy atom. The van der Waals surface area contributed by atoms with Crippen molar-refractivity contribution in [3.63, 3.8) is 0 Å². The molecule has 1 heterocycles. The van der Waals surface area contributed by atoms with Crippen LogP contribution in [0.2, 0.25) is 0 Å². The number of nitrogens with one attached hydrogen (secondary N) is 1. The fourth-order valence-electron chi connectivity index (χ4n) is 2.66. The third-order valence-electron chi connectivity index (χ3n) is 5.93. The minimum atomic E-state index is -2.66. The van der Waals surface area contributed by atoms with E-state index in [1.807, 2.05) is 49.4 Å². The van der Waals surface area contributed by atoms with Crippen molar-refractivity contribution in [1.82, 2.24) is 5.32 Å². The van der Waals surface area contributed by atoms with Gasteiger partial charge in [0.1, 0.15) is 15.4 Å². The van der Waals surface area contributed by atoms with E-state index in [9.17, 15) is 18.0 Å². The number of unbranched alkanes of at least 4 members (excludes halogenated alkanes) is 1. The van der Waals surface area contributed by atoms with E-state index in [1.54, 1.807) is 27.7 Å². The van der Waals surface area contributed by atoms with E-state index in [4.69, 9.17) is 19.3 Å². The molecule has 2 N–H and O–H groups in total. The van der Waals surface area contributed by atoms with Crippen molar-refractivity contribution >= 4 is 30.0 Å². The Hall–Kier alpha value is -2.68. The second-order valence-corrected chi connectivity index (χ2v) is 16.9. The van der Waals surface area contributed by atoms with E-state index in [-0.39, 0.29) is 32.1 Å². The number of hydrogen-bond donors (Lipinski definition) is 2. The molecule has 284 valence electrons. The van der Waals surface area contributed by atoms with Gasteiger partial charge in [0.15, 0.2) is 17.0 Å². The Morgan fingerprint density at radius 3 is 1.65 bits per heavy atom. The molecule has 0 radical (unpaired) electrons. The molecular formula is C38H68NO8PS. The number of aliphatic hydroxyl groups excluding tert-OH is 1. The molecule has 49 heavy (non-hydrogen) atoms. The molecule has 1 unspecified atom stereocenters. The minimum absolute atomic E-state index is 0.0342. The number of amides is 1. The molecule has 0 aromatic heterocycles. The van der Waals surface area contributed by atoms with Crippen LogP contribution in [0, 0.1) is 5.92 Å². The summed E-state index contributed by atoms with van der Waals surface area (Å²) in [4.78, 5) is 23.3. The van der Waals surface area contributed by atoms with Crippen LogP contribution in [0.3, 0.4) is 0 Å². The van der Waals surface area contributed by atoms with E-state index < -0.39 is 21.5 Å². The standard InChI is InChI=1S/C16H24NO3P.C7H6O2.C5H12.C4H10.C3H8O2S.C3H8O/c1-12(10-13-8-6-5-7-9-13)21-14(18)11-17-15(19)20-16(2,3)4;1-2-4-7-6(3-1)8-5-9-7;1-4-5(2)3;1-3-4-2;1-3-6(2,4)5;1-2-3-4/h5-9,12,21H,10-11H2,1-4H3,(H,17,19);1-4H,5H2;5H,4H2,1-3H3;3-4H2,1-2H3;3H2,1-2H3;4H,2-3H2,1H3/t12-;;;;;/m1...../s1. The molecule has 0 spiro atoms. The third-order valence-corrected chi connectivity index (χ3v) is 8.17. The molecule has 9 nitrogen and oxygen atoms in total. The van der Waals surface area contributed by atoms with Gasteiger partial charge in [-0.1, -0.05) is 117 Å². The first-order chi connectivity index (χ1) is 22.9. The first-order valence-corrected chi connectivity index (χ1v) is 20.5. The molecule has 0 aliphatic carbocycles. The second kappa shape index (κ2) is 31.3. The van der Waals surface area contributed by atoms with Gasteiger partial charge in [-0.05, 0) is 71.5 Å². The van der Waals surface area contributed by atoms with Gasteiger partial charge in [-0.2, -0.15) is 0 Å². The number of rotatable bonds is 10. The first-order valence-electron chi connectivity index (χ1n) is 17.3. The fraction of sp³-hybridized carbons (Fsp3) is 0.632. The van der Waals surface area contributed by atoms with Crippen LogP contribution in [0.5, 0.6) is 11.5 Å². The SMILES string of the molecule is CCC(C)C.CCCC.CCCO.CCS(C)(=O)=O.C[C@H](Cc1ccccc1)PC(=O)CNC(=O)OC(C)(C)C.c1ccc2c(c1)OCO2. The van der Waals surface area contributed by atoms with E-state index in [0.29, 0.717) is 13.4 Å². The number of ether oxygens (including phenoxy) is 3. The van der Waals surface area contributed by atoms with Crippen LogP contribution >= 0.6 is 8.58 Å². The third kappa shape index (κ3) is 38.0. The van der Waals surface area contributed by atoms with Crippen molar-refractivity contribution < 1.29 is 37.3 Å². The first kappa shape index (κ1) is 50.7. The van der Waals surface area contributed by atoms with Crippen LogP contribution in [0.4, 0.5) is 4.79 Å². The van der Waals surface area contributed by atoms with Crippen molar-refractivity contribution in [1.29, 1.82) is 0 Å². The highest BCUT2D eigenvalue weighted by molar-refractivity contribution is 7.90. The Labute approximate surface area is 301 Å². The summed E-state index contributed by atoms with van der Waals surface area (Å²) in [7, 11) is -2.48. The highest BCUT2D eigenvalue weighted by Crippen LogP contribution is 2.30. The molecule has 0 bridgehead atoms. The molecule has 0 fully saturated rings. The maximum atomic E-state index is 11.9. The van der Waals surface area contributed by atoms with Crippen LogP contribution in [-0.2, 0) is 25.8 Å². The summed E-state index contributed by atoms with van der Waals surface area (Å²) in [6, 6.07) is 17.7. The maximum absolute atomic E-state index is 11.9. The maximum Gasteiger partial charge on any atom is 0.408 e. The average Bonchev–Trinajstić information content (AvgIpc) is 3.53. The summed E-state index contributed by atoms with van der Waals surface area (Å²) < 4.78 is 35.2. The lowest BCUT2D eigenvalue weighted by atomic mass is 10.1. The molecule has 1 aliphatic rings. The zero-order chi connectivity index (χ0) is 38.3. The summed E-state index contributed by atoms with van der Waals surface area (Å²) >= 11 is 0. The van der Waals surface area contributed by atoms with Crippen molar-refractivity contribution in [3.05, 3.63) is 60.2 Å². The van der Waals surface area contributed by atoms with Gasteiger partial charge in [0, 0.05) is 18.6 Å². The number of hydrogen-bond acceptors (Lipinski definition) is 8. The van der Waals surface area contributed by atoms with Gasteiger partial charge in [-0.15, -0.1) is 0 Å². The van der Waals surface area contributed by atoms with Crippen LogP contribution < -0.4 is 14.8 Å². The zero-order valence-electron chi connectivity index (χ0n) is 32.4. The molecule has 2 atom stereocenters. The summed E-state index contributed by atoms with van der Waals surface area (Å²) in [5.74, 6) is 2.82. The fourth-order valence-corrected chi connectivity index (χ4v) is 3.73. The number of alkyl carbamates (subject to hydrolysis) is 1. The number of carbonyl (C=O) groups is 2. The van der Waals surface area contributed by atoms with Crippen LogP contribution in [0.15, 0.2) is 54.6 Å². The highest BCUT2D eigenvalue weighted by Gasteiger charge is 2.17. The molecule has 1 amide bonds. The molecule has 3 rings (SSSR count). The number of benzene rings is 2. The summed E-state index contributed by atoms with van der Waals surface area (Å²) in [5, 5.41) is 10.4. The van der Waals surface area contributed by atoms with Crippen LogP contribution in [-0.4, -0.2) is 68.4 Å². The van der Waals surface area contributed by atoms with Gasteiger partial charge in [0.05, 0.1) is 6.54 Å². The Balaban J connectivity index is -0.000000617. The molecule has 0 saturated heterocycles. The molecular weight excluding hydrogens is 661 g/mol. The smallest absolute Gasteiger partial charge is 0.408 e. The van der Waals surface area contributed by atoms with Gasteiger partial charge < -0.3 is 24.6 Å². The summed E-state index contributed by atoms with van der Waals surface area (Å²) in [5.41, 5.74) is 1.01. The lowest BCUT2D eigenvalue weighted by molar-refractivity contribution is -0.110. The van der Waals surface area contributed by atoms with Crippen LogP contribution in [0.25, 0.3) is 0 Å². The number of carbonyl (C=O) groups excluding carboxylic acids is 2. The molecule has 11 heteroatoms. The number of fused-ring (bicyclic) bond motifs is 1. The zero-order valence-corrected chi connectivity index (χ0v) is 34.2. The van der Waals surface area contributed by atoms with E-state index in [1.165, 1.54) is 31.1 Å². The van der Waals surface area contributed by atoms with E-state index in [2.05, 4.69) is 59.0 Å². The van der Waals surface area contributed by atoms with Gasteiger partial charge >= 0.3 is 6.09 Å². The van der Waals surface area contributed by atoms with Crippen molar-refractivity contribution in [2.45, 2.75) is 120 Å². The molecule has 0 saturated carbocycles. The Bertz CT molecular complexity index is 1150. The summed E-state index contributed by atoms with van der Waals surface area (Å²) in [6.07, 6.45) is 6.36. The van der Waals surface area contributed by atoms with E-state index in [0.717, 1.165) is 30.3 Å². The number of para-hydroxylation sites is 2. The monoisotopic (exact) mass is 729 g/mol. The quantitative estimate of drug-likeness (QED) is 0.232. The van der Waals surface area contributed by atoms with Crippen LogP contribution in [0.1, 0.15) is 107 Å². The largest absolute Gasteiger partial charge is 0.454 e. The van der Waals surface area contributed by atoms with Gasteiger partial charge in [0.2, 0.25) is 6.79 Å². The second-order valence-electron chi connectivity index (χ2n) is 12.6. The Morgan fingerprint density at radius 2 is 1.31 bits per heavy atom. The normalized spacial score (nSPS) is 11.8. The van der Waals surface area contributed by atoms with E-state index >= 15 is 0 Å². The average molecular weight is 730 g/mol. The van der Waals surface area contributed by atoms with Gasteiger partial charge in [0.25, 0.3) is 0 Å². The predicted molar refractivity (Wildman–Crippen MR) is 208 cm³/mol. The number of aliphatic hydroxyl groups is 1. The number of sulfone groups is 1. The van der Waals surface area contributed by atoms with Crippen molar-refractivity contribution in [2.24, 2.45) is 5.92 Å². The molecule has 1 aliphatic heterocycles. The summed E-state index contributed by atoms with van der Waals surface area (Å²) in [6.45, 7) is 22.7. The van der Waals surface area contributed by atoms with Crippen molar-refractivity contribution in [3.8, 4) is 11.5 Å². The lowest BCUT2D eigenvalue weighted by Crippen LogP contribution is -2.34. The topological polar surface area (TPSA) is 128 Å². The van der Waals surface area contributed by atoms with Crippen molar-refractivity contribution in [2.75, 3.05) is 32.0 Å². The Kier molecular flexibility index (Phi) is 32.4. The van der Waals surface area contributed by atoms with Gasteiger partial charge in [-0.25, -0.2) is 13.2 Å². The highest BCUT2D eigenvalue weighted by atomic mass is 32.2. The minimum Gasteiger partial charge on any atom is -0.454 e.